The zero-order valence-corrected chi connectivity index (χ0v) is 13.9. The third kappa shape index (κ3) is 2.46. The summed E-state index contributed by atoms with van der Waals surface area (Å²) in [6.07, 6.45) is 1.20. The van der Waals surface area contributed by atoms with Gasteiger partial charge >= 0.3 is 0 Å². The maximum absolute atomic E-state index is 13.5. The van der Waals surface area contributed by atoms with Gasteiger partial charge in [-0.2, -0.15) is 5.10 Å². The molecule has 1 aromatic heterocycles. The molecular formula is C17H12BrFN4O. The lowest BCUT2D eigenvalue weighted by molar-refractivity contribution is 0.0935. The minimum Gasteiger partial charge on any atom is -0.360 e. The lowest BCUT2D eigenvalue weighted by Gasteiger charge is -2.28. The molecule has 120 valence electrons. The zero-order valence-electron chi connectivity index (χ0n) is 12.3. The molecule has 0 aliphatic carbocycles. The first-order chi connectivity index (χ1) is 11.6. The number of amides is 1. The Morgan fingerprint density at radius 3 is 2.71 bits per heavy atom. The number of benzene rings is 2. The second kappa shape index (κ2) is 5.76. The number of hydrogen-bond acceptors (Lipinski definition) is 3. The molecule has 0 spiro atoms. The average Bonchev–Trinajstić information content (AvgIpc) is 3.06. The molecule has 0 saturated carbocycles. The van der Waals surface area contributed by atoms with Gasteiger partial charge in [-0.05, 0) is 33.6 Å². The summed E-state index contributed by atoms with van der Waals surface area (Å²) in [6, 6.07) is 12.3. The van der Waals surface area contributed by atoms with Crippen molar-refractivity contribution in [1.82, 2.24) is 15.5 Å². The summed E-state index contributed by atoms with van der Waals surface area (Å²) in [5, 5.41) is 13.1. The molecule has 1 amide bonds. The second-order valence-electron chi connectivity index (χ2n) is 5.43. The minimum absolute atomic E-state index is 0.267. The van der Waals surface area contributed by atoms with E-state index < -0.39 is 12.0 Å². The van der Waals surface area contributed by atoms with Crippen LogP contribution in [0.1, 0.15) is 22.1 Å². The molecular weight excluding hydrogens is 375 g/mol. The number of nitrogens with one attached hydrogen (secondary N) is 3. The maximum Gasteiger partial charge on any atom is 0.255 e. The number of rotatable bonds is 2. The highest BCUT2D eigenvalue weighted by atomic mass is 79.9. The topological polar surface area (TPSA) is 69.8 Å². The van der Waals surface area contributed by atoms with Gasteiger partial charge in [0.15, 0.2) is 0 Å². The highest BCUT2D eigenvalue weighted by Gasteiger charge is 2.29. The summed E-state index contributed by atoms with van der Waals surface area (Å²) >= 11 is 3.31. The van der Waals surface area contributed by atoms with E-state index in [-0.39, 0.29) is 11.5 Å². The van der Waals surface area contributed by atoms with E-state index in [0.29, 0.717) is 10.2 Å². The third-order valence-corrected chi connectivity index (χ3v) is 4.53. The Balaban J connectivity index is 1.76. The molecule has 0 saturated heterocycles. The summed E-state index contributed by atoms with van der Waals surface area (Å²) < 4.78 is 14.0. The van der Waals surface area contributed by atoms with Crippen LogP contribution in [0.5, 0.6) is 0 Å². The standard InChI is InChI=1S/C17H12BrFN4O/c18-13-7-10(19)6-11-15(13)21-16(22-17(11)24)12-8-20-23-14(12)9-4-2-1-3-5-9/h1-8,16,21H,(H,20,23)(H,22,24). The van der Waals surface area contributed by atoms with Crippen LogP contribution in [0.25, 0.3) is 11.3 Å². The van der Waals surface area contributed by atoms with Crippen molar-refractivity contribution >= 4 is 27.5 Å². The number of aromatic amines is 1. The molecule has 0 radical (unpaired) electrons. The highest BCUT2D eigenvalue weighted by molar-refractivity contribution is 9.10. The number of hydrogen-bond donors (Lipinski definition) is 3. The summed E-state index contributed by atoms with van der Waals surface area (Å²) in [6.45, 7) is 0. The van der Waals surface area contributed by atoms with Gasteiger partial charge < -0.3 is 10.6 Å². The van der Waals surface area contributed by atoms with Crippen molar-refractivity contribution in [3.8, 4) is 11.3 Å². The molecule has 1 unspecified atom stereocenters. The van der Waals surface area contributed by atoms with Crippen molar-refractivity contribution < 1.29 is 9.18 Å². The van der Waals surface area contributed by atoms with Crippen LogP contribution < -0.4 is 10.6 Å². The lowest BCUT2D eigenvalue weighted by Crippen LogP contribution is -2.38. The number of anilines is 1. The van der Waals surface area contributed by atoms with E-state index >= 15 is 0 Å². The summed E-state index contributed by atoms with van der Waals surface area (Å²) in [4.78, 5) is 12.4. The molecule has 5 nitrogen and oxygen atoms in total. The first-order valence-corrected chi connectivity index (χ1v) is 8.08. The fourth-order valence-electron chi connectivity index (χ4n) is 2.79. The highest BCUT2D eigenvalue weighted by Crippen LogP contribution is 2.35. The van der Waals surface area contributed by atoms with Gasteiger partial charge in [0.1, 0.15) is 12.0 Å². The van der Waals surface area contributed by atoms with Crippen molar-refractivity contribution in [2.45, 2.75) is 6.17 Å². The molecule has 2 aromatic carbocycles. The van der Waals surface area contributed by atoms with E-state index in [1.807, 2.05) is 30.3 Å². The Morgan fingerprint density at radius 1 is 1.12 bits per heavy atom. The van der Waals surface area contributed by atoms with Crippen LogP contribution in [0, 0.1) is 5.82 Å². The van der Waals surface area contributed by atoms with Gasteiger partial charge in [-0.25, -0.2) is 4.39 Å². The van der Waals surface area contributed by atoms with Crippen LogP contribution in [-0.2, 0) is 0 Å². The molecule has 0 fully saturated rings. The van der Waals surface area contributed by atoms with Crippen LogP contribution in [0.15, 0.2) is 53.1 Å². The number of nitrogens with zero attached hydrogens (tertiary/aromatic N) is 1. The Morgan fingerprint density at radius 2 is 1.92 bits per heavy atom. The molecule has 0 bridgehead atoms. The largest absolute Gasteiger partial charge is 0.360 e. The van der Waals surface area contributed by atoms with Gasteiger partial charge in [-0.15, -0.1) is 0 Å². The predicted octanol–water partition coefficient (Wildman–Crippen LogP) is 3.83. The van der Waals surface area contributed by atoms with E-state index in [9.17, 15) is 9.18 Å². The summed E-state index contributed by atoms with van der Waals surface area (Å²) in [7, 11) is 0. The normalized spacial score (nSPS) is 16.2. The maximum atomic E-state index is 13.5. The Hall–Kier alpha value is -2.67. The van der Waals surface area contributed by atoms with Gasteiger partial charge in [0, 0.05) is 10.0 Å². The number of aromatic nitrogens is 2. The van der Waals surface area contributed by atoms with Gasteiger partial charge in [0.2, 0.25) is 0 Å². The number of carbonyl (C=O) groups is 1. The van der Waals surface area contributed by atoms with Crippen molar-refractivity contribution in [2.24, 2.45) is 0 Å². The smallest absolute Gasteiger partial charge is 0.255 e. The molecule has 1 aliphatic heterocycles. The Labute approximate surface area is 145 Å². The molecule has 1 aliphatic rings. The fourth-order valence-corrected chi connectivity index (χ4v) is 3.34. The molecule has 2 heterocycles. The van der Waals surface area contributed by atoms with E-state index in [0.717, 1.165) is 16.8 Å². The Bertz CT molecular complexity index is 926. The van der Waals surface area contributed by atoms with Crippen molar-refractivity contribution in [1.29, 1.82) is 0 Å². The van der Waals surface area contributed by atoms with Gasteiger partial charge in [0.25, 0.3) is 5.91 Å². The number of fused-ring (bicyclic) bond motifs is 1. The van der Waals surface area contributed by atoms with Gasteiger partial charge in [0.05, 0.1) is 23.1 Å². The van der Waals surface area contributed by atoms with Crippen LogP contribution in [0.2, 0.25) is 0 Å². The lowest BCUT2D eigenvalue weighted by atomic mass is 10.0. The first kappa shape index (κ1) is 14.9. The summed E-state index contributed by atoms with van der Waals surface area (Å²) in [5.41, 5.74) is 3.41. The third-order valence-electron chi connectivity index (χ3n) is 3.91. The first-order valence-electron chi connectivity index (χ1n) is 7.28. The zero-order chi connectivity index (χ0) is 16.7. The number of carbonyl (C=O) groups excluding carboxylic acids is 1. The Kier molecular flexibility index (Phi) is 3.57. The van der Waals surface area contributed by atoms with Crippen molar-refractivity contribution in [3.05, 3.63) is 70.1 Å². The molecule has 4 rings (SSSR count). The average molecular weight is 387 g/mol. The molecule has 3 N–H and O–H groups in total. The minimum atomic E-state index is -0.472. The molecule has 1 atom stereocenters. The van der Waals surface area contributed by atoms with Crippen LogP contribution in [-0.4, -0.2) is 16.1 Å². The van der Waals surface area contributed by atoms with E-state index in [1.165, 1.54) is 12.1 Å². The number of halogens is 2. The van der Waals surface area contributed by atoms with Crippen LogP contribution >= 0.6 is 15.9 Å². The predicted molar refractivity (Wildman–Crippen MR) is 92.0 cm³/mol. The van der Waals surface area contributed by atoms with Crippen LogP contribution in [0.4, 0.5) is 10.1 Å². The van der Waals surface area contributed by atoms with Gasteiger partial charge in [-0.3, -0.25) is 9.89 Å². The monoisotopic (exact) mass is 386 g/mol. The van der Waals surface area contributed by atoms with E-state index in [1.54, 1.807) is 6.20 Å². The molecule has 3 aromatic rings. The SMILES string of the molecule is O=C1NC(c2cn[nH]c2-c2ccccc2)Nc2c(Br)cc(F)cc21. The molecule has 7 heteroatoms. The molecule has 24 heavy (non-hydrogen) atoms. The van der Waals surface area contributed by atoms with E-state index in [2.05, 4.69) is 36.8 Å². The second-order valence-corrected chi connectivity index (χ2v) is 6.28. The van der Waals surface area contributed by atoms with Crippen LogP contribution in [0.3, 0.4) is 0 Å². The quantitative estimate of drug-likeness (QED) is 0.626. The fraction of sp³-hybridized carbons (Fsp3) is 0.0588. The number of H-pyrrole nitrogens is 1. The van der Waals surface area contributed by atoms with Gasteiger partial charge in [-0.1, -0.05) is 30.3 Å². The van der Waals surface area contributed by atoms with Crippen molar-refractivity contribution in [3.63, 3.8) is 0 Å². The van der Waals surface area contributed by atoms with E-state index in [4.69, 9.17) is 0 Å². The van der Waals surface area contributed by atoms with Crippen molar-refractivity contribution in [2.75, 3.05) is 5.32 Å². The summed E-state index contributed by atoms with van der Waals surface area (Å²) in [5.74, 6) is -0.807.